The summed E-state index contributed by atoms with van der Waals surface area (Å²) >= 11 is 0. The molecule has 0 saturated heterocycles. The van der Waals surface area contributed by atoms with Crippen LogP contribution in [0.4, 0.5) is 5.69 Å². The average Bonchev–Trinajstić information content (AvgIpc) is 3.12. The maximum Gasteiger partial charge on any atom is 0.269 e. The molecule has 7 nitrogen and oxygen atoms in total. The van der Waals surface area contributed by atoms with Crippen LogP contribution in [0.1, 0.15) is 35.8 Å². The summed E-state index contributed by atoms with van der Waals surface area (Å²) in [5, 5.41) is 4.06. The van der Waals surface area contributed by atoms with Gasteiger partial charge in [-0.2, -0.15) is 5.10 Å². The number of hydrogen-bond donors (Lipinski definition) is 2. The number of anilines is 1. The molecule has 8 heteroatoms. The van der Waals surface area contributed by atoms with E-state index in [1.54, 1.807) is 42.6 Å². The minimum Gasteiger partial charge on any atom is -0.364 e. The summed E-state index contributed by atoms with van der Waals surface area (Å²) in [7, 11) is -3.67. The van der Waals surface area contributed by atoms with Crippen molar-refractivity contribution >= 4 is 21.6 Å². The molecular weight excluding hydrogens is 364 g/mol. The maximum absolute atomic E-state index is 12.5. The minimum absolute atomic E-state index is 0.157. The van der Waals surface area contributed by atoms with Crippen molar-refractivity contribution in [1.29, 1.82) is 0 Å². The van der Waals surface area contributed by atoms with Gasteiger partial charge in [0.2, 0.25) is 0 Å². The molecule has 0 fully saturated rings. The highest BCUT2D eigenvalue weighted by molar-refractivity contribution is 7.92. The summed E-state index contributed by atoms with van der Waals surface area (Å²) < 4.78 is 29.1. The van der Waals surface area contributed by atoms with Gasteiger partial charge in [0.1, 0.15) is 5.69 Å². The number of rotatable bonds is 6. The lowest BCUT2D eigenvalue weighted by Crippen LogP contribution is -2.13. The van der Waals surface area contributed by atoms with Gasteiger partial charge in [-0.25, -0.2) is 13.1 Å². The molecule has 1 aromatic heterocycles. The van der Waals surface area contributed by atoms with Gasteiger partial charge in [0, 0.05) is 11.9 Å². The monoisotopic (exact) mass is 384 g/mol. The number of nitrogens with one attached hydrogen (secondary N) is 1. The molecule has 3 N–H and O–H groups in total. The topological polar surface area (TPSA) is 107 Å². The molecule has 3 rings (SSSR count). The van der Waals surface area contributed by atoms with Crippen LogP contribution in [-0.4, -0.2) is 24.1 Å². The van der Waals surface area contributed by atoms with Gasteiger partial charge < -0.3 is 5.73 Å². The Hall–Kier alpha value is -3.13. The van der Waals surface area contributed by atoms with Gasteiger partial charge in [-0.3, -0.25) is 9.52 Å². The van der Waals surface area contributed by atoms with Crippen molar-refractivity contribution in [2.45, 2.75) is 24.7 Å². The molecule has 27 heavy (non-hydrogen) atoms. The molecule has 1 heterocycles. The Morgan fingerprint density at radius 1 is 1.04 bits per heavy atom. The number of nitrogens with two attached hydrogens (primary N) is 1. The summed E-state index contributed by atoms with van der Waals surface area (Å²) in [6, 6.07) is 15.0. The molecule has 0 bridgehead atoms. The highest BCUT2D eigenvalue weighted by Gasteiger charge is 2.14. The molecule has 0 saturated carbocycles. The first-order valence-electron chi connectivity index (χ1n) is 8.35. The van der Waals surface area contributed by atoms with Crippen LogP contribution in [0.2, 0.25) is 0 Å². The zero-order chi connectivity index (χ0) is 19.6. The number of hydrogen-bond acceptors (Lipinski definition) is 4. The number of nitrogens with zero attached hydrogens (tertiary/aromatic N) is 2. The van der Waals surface area contributed by atoms with Crippen LogP contribution >= 0.6 is 0 Å². The summed E-state index contributed by atoms with van der Waals surface area (Å²) in [6.07, 6.45) is 1.61. The molecule has 0 atom stereocenters. The molecule has 3 aromatic rings. The van der Waals surface area contributed by atoms with E-state index in [-0.39, 0.29) is 10.6 Å². The smallest absolute Gasteiger partial charge is 0.269 e. The van der Waals surface area contributed by atoms with Gasteiger partial charge in [0.05, 0.1) is 10.6 Å². The van der Waals surface area contributed by atoms with Gasteiger partial charge in [-0.05, 0) is 53.9 Å². The van der Waals surface area contributed by atoms with Crippen molar-refractivity contribution < 1.29 is 13.2 Å². The summed E-state index contributed by atoms with van der Waals surface area (Å²) in [5.74, 6) is -0.277. The number of benzene rings is 2. The molecule has 0 unspecified atom stereocenters. The molecule has 140 valence electrons. The predicted octanol–water partition coefficient (Wildman–Crippen LogP) is 2.90. The van der Waals surface area contributed by atoms with Crippen molar-refractivity contribution in [2.75, 3.05) is 4.72 Å². The Morgan fingerprint density at radius 3 is 2.19 bits per heavy atom. The van der Waals surface area contributed by atoms with E-state index in [0.29, 0.717) is 17.3 Å². The number of carbonyl (C=O) groups is 1. The standard InChI is InChI=1S/C19H20N4O3S/c1-13(2)14-3-9-17(10-4-14)27(25,26)22-15-5-7-16(8-6-15)23-12-11-18(21-23)19(20)24/h3-13,22H,1-2H3,(H2,20,24). The van der Waals surface area contributed by atoms with Crippen LogP contribution < -0.4 is 10.5 Å². The van der Waals surface area contributed by atoms with Crippen LogP contribution in [0.25, 0.3) is 5.69 Å². The molecule has 0 aliphatic carbocycles. The number of aromatic nitrogens is 2. The molecule has 0 aliphatic rings. The lowest BCUT2D eigenvalue weighted by Gasteiger charge is -2.10. The van der Waals surface area contributed by atoms with E-state index in [9.17, 15) is 13.2 Å². The van der Waals surface area contributed by atoms with Crippen LogP contribution in [0.5, 0.6) is 0 Å². The summed E-state index contributed by atoms with van der Waals surface area (Å²) in [4.78, 5) is 11.3. The van der Waals surface area contributed by atoms with Crippen molar-refractivity contribution in [2.24, 2.45) is 5.73 Å². The third kappa shape index (κ3) is 4.17. The van der Waals surface area contributed by atoms with Crippen LogP contribution in [0.3, 0.4) is 0 Å². The first-order valence-corrected chi connectivity index (χ1v) is 9.83. The Kier molecular flexibility index (Phi) is 5.00. The van der Waals surface area contributed by atoms with E-state index < -0.39 is 15.9 Å². The van der Waals surface area contributed by atoms with Gasteiger partial charge in [0.15, 0.2) is 0 Å². The van der Waals surface area contributed by atoms with Gasteiger partial charge >= 0.3 is 0 Å². The Bertz CT molecular complexity index is 1050. The van der Waals surface area contributed by atoms with Gasteiger partial charge in [0.25, 0.3) is 15.9 Å². The fourth-order valence-electron chi connectivity index (χ4n) is 2.53. The van der Waals surface area contributed by atoms with Gasteiger partial charge in [-0.15, -0.1) is 0 Å². The Labute approximate surface area is 157 Å². The second-order valence-corrected chi connectivity index (χ2v) is 8.07. The van der Waals surface area contributed by atoms with Gasteiger partial charge in [-0.1, -0.05) is 26.0 Å². The van der Waals surface area contributed by atoms with E-state index in [2.05, 4.69) is 23.7 Å². The average molecular weight is 384 g/mol. The first-order chi connectivity index (χ1) is 12.8. The SMILES string of the molecule is CC(C)c1ccc(S(=O)(=O)Nc2ccc(-n3ccc(C(N)=O)n3)cc2)cc1. The fourth-order valence-corrected chi connectivity index (χ4v) is 3.59. The van der Waals surface area contributed by atoms with E-state index in [0.717, 1.165) is 5.56 Å². The van der Waals surface area contributed by atoms with Crippen molar-refractivity contribution in [3.63, 3.8) is 0 Å². The fraction of sp³-hybridized carbons (Fsp3) is 0.158. The number of sulfonamides is 1. The molecule has 0 aliphatic heterocycles. The lowest BCUT2D eigenvalue weighted by molar-refractivity contribution is 0.0995. The maximum atomic E-state index is 12.5. The first kappa shape index (κ1) is 18.7. The quantitative estimate of drug-likeness (QED) is 0.681. The molecule has 2 aromatic carbocycles. The molecule has 0 radical (unpaired) electrons. The molecule has 1 amide bonds. The largest absolute Gasteiger partial charge is 0.364 e. The predicted molar refractivity (Wildman–Crippen MR) is 103 cm³/mol. The lowest BCUT2D eigenvalue weighted by atomic mass is 10.0. The summed E-state index contributed by atoms with van der Waals surface area (Å²) in [6.45, 7) is 4.10. The number of amides is 1. The van der Waals surface area contributed by atoms with E-state index in [1.165, 1.54) is 10.7 Å². The normalized spacial score (nSPS) is 11.5. The second kappa shape index (κ2) is 7.24. The zero-order valence-electron chi connectivity index (χ0n) is 15.0. The molecular formula is C19H20N4O3S. The second-order valence-electron chi connectivity index (χ2n) is 6.39. The Balaban J connectivity index is 1.77. The number of primary amides is 1. The highest BCUT2D eigenvalue weighted by Crippen LogP contribution is 2.21. The van der Waals surface area contributed by atoms with E-state index >= 15 is 0 Å². The van der Waals surface area contributed by atoms with Crippen LogP contribution in [-0.2, 0) is 10.0 Å². The third-order valence-electron chi connectivity index (χ3n) is 4.08. The minimum atomic E-state index is -3.67. The summed E-state index contributed by atoms with van der Waals surface area (Å²) in [5.41, 5.74) is 7.52. The number of carbonyl (C=O) groups excluding carboxylic acids is 1. The van der Waals surface area contributed by atoms with E-state index in [1.807, 2.05) is 12.1 Å². The van der Waals surface area contributed by atoms with Crippen molar-refractivity contribution in [1.82, 2.24) is 9.78 Å². The van der Waals surface area contributed by atoms with Crippen molar-refractivity contribution in [3.05, 3.63) is 72.1 Å². The third-order valence-corrected chi connectivity index (χ3v) is 5.48. The van der Waals surface area contributed by atoms with Crippen LogP contribution in [0.15, 0.2) is 65.7 Å². The van der Waals surface area contributed by atoms with Crippen molar-refractivity contribution in [3.8, 4) is 5.69 Å². The highest BCUT2D eigenvalue weighted by atomic mass is 32.2. The van der Waals surface area contributed by atoms with Crippen LogP contribution in [0, 0.1) is 0 Å². The zero-order valence-corrected chi connectivity index (χ0v) is 15.8. The molecule has 0 spiro atoms. The Morgan fingerprint density at radius 2 is 1.67 bits per heavy atom. The van der Waals surface area contributed by atoms with E-state index in [4.69, 9.17) is 5.73 Å².